The van der Waals surface area contributed by atoms with Crippen molar-refractivity contribution in [1.29, 1.82) is 0 Å². The molecule has 5 heteroatoms. The van der Waals surface area contributed by atoms with Crippen molar-refractivity contribution in [3.05, 3.63) is 18.0 Å². The van der Waals surface area contributed by atoms with Gasteiger partial charge in [-0.15, -0.1) is 0 Å². The molecule has 0 radical (unpaired) electrons. The zero-order valence-electron chi connectivity index (χ0n) is 10.4. The average molecular weight is 236 g/mol. The van der Waals surface area contributed by atoms with Crippen LogP contribution >= 0.6 is 0 Å². The monoisotopic (exact) mass is 236 g/mol. The smallest absolute Gasteiger partial charge is 0.270 e. The van der Waals surface area contributed by atoms with E-state index in [1.807, 2.05) is 7.05 Å². The Bertz CT molecular complexity index is 401. The van der Waals surface area contributed by atoms with Crippen molar-refractivity contribution < 1.29 is 4.79 Å². The fourth-order valence-corrected chi connectivity index (χ4v) is 2.35. The summed E-state index contributed by atoms with van der Waals surface area (Å²) < 4.78 is 0. The van der Waals surface area contributed by atoms with Gasteiger partial charge in [0, 0.05) is 31.5 Å². The predicted molar refractivity (Wildman–Crippen MR) is 67.8 cm³/mol. The summed E-state index contributed by atoms with van der Waals surface area (Å²) >= 11 is 0. The number of nitrogens with two attached hydrogens (primary N) is 1. The first kappa shape index (κ1) is 12.0. The SMILES string of the molecule is CN(CC1CCCN1C)C(=O)c1cc(N)c[nH]1. The van der Waals surface area contributed by atoms with E-state index in [1.54, 1.807) is 17.2 Å². The van der Waals surface area contributed by atoms with Gasteiger partial charge in [0.2, 0.25) is 0 Å². The zero-order valence-corrected chi connectivity index (χ0v) is 10.4. The van der Waals surface area contributed by atoms with Crippen molar-refractivity contribution in [2.24, 2.45) is 0 Å². The summed E-state index contributed by atoms with van der Waals surface area (Å²) in [5.41, 5.74) is 6.75. The van der Waals surface area contributed by atoms with E-state index in [0.717, 1.165) is 13.1 Å². The lowest BCUT2D eigenvalue weighted by atomic mass is 10.2. The van der Waals surface area contributed by atoms with Crippen LogP contribution in [0.1, 0.15) is 23.3 Å². The Labute approximate surface area is 102 Å². The highest BCUT2D eigenvalue weighted by molar-refractivity contribution is 5.93. The van der Waals surface area contributed by atoms with Crippen molar-refractivity contribution in [2.45, 2.75) is 18.9 Å². The topological polar surface area (TPSA) is 65.4 Å². The number of hydrogen-bond donors (Lipinski definition) is 2. The summed E-state index contributed by atoms with van der Waals surface area (Å²) in [5, 5.41) is 0. The number of aromatic nitrogens is 1. The Morgan fingerprint density at radius 1 is 1.71 bits per heavy atom. The highest BCUT2D eigenvalue weighted by atomic mass is 16.2. The molecule has 1 atom stereocenters. The van der Waals surface area contributed by atoms with Gasteiger partial charge in [-0.1, -0.05) is 0 Å². The number of likely N-dealkylation sites (tertiary alicyclic amines) is 1. The number of anilines is 1. The first-order chi connectivity index (χ1) is 8.08. The first-order valence-electron chi connectivity index (χ1n) is 5.97. The maximum Gasteiger partial charge on any atom is 0.270 e. The van der Waals surface area contributed by atoms with Crippen LogP contribution in [0.2, 0.25) is 0 Å². The summed E-state index contributed by atoms with van der Waals surface area (Å²) in [5.74, 6) is 0.00185. The molecule has 2 rings (SSSR count). The van der Waals surface area contributed by atoms with E-state index in [-0.39, 0.29) is 5.91 Å². The number of nitrogen functional groups attached to an aromatic ring is 1. The van der Waals surface area contributed by atoms with Gasteiger partial charge in [-0.3, -0.25) is 4.79 Å². The minimum absolute atomic E-state index is 0.00185. The normalized spacial score (nSPS) is 20.7. The van der Waals surface area contributed by atoms with Crippen LogP contribution in [0.25, 0.3) is 0 Å². The number of rotatable bonds is 3. The molecule has 5 nitrogen and oxygen atoms in total. The molecule has 1 aromatic rings. The number of nitrogens with one attached hydrogen (secondary N) is 1. The summed E-state index contributed by atoms with van der Waals surface area (Å²) in [6.07, 6.45) is 4.03. The molecule has 1 amide bonds. The van der Waals surface area contributed by atoms with E-state index >= 15 is 0 Å². The van der Waals surface area contributed by atoms with Crippen LogP contribution in [-0.4, -0.2) is 53.9 Å². The third-order valence-corrected chi connectivity index (χ3v) is 3.44. The van der Waals surface area contributed by atoms with Crippen LogP contribution in [0.4, 0.5) is 5.69 Å². The molecular formula is C12H20N4O. The van der Waals surface area contributed by atoms with Gasteiger partial charge < -0.3 is 20.5 Å². The number of H-pyrrole nitrogens is 1. The van der Waals surface area contributed by atoms with Gasteiger partial charge in [0.15, 0.2) is 0 Å². The van der Waals surface area contributed by atoms with Crippen molar-refractivity contribution in [1.82, 2.24) is 14.8 Å². The molecule has 0 aliphatic carbocycles. The van der Waals surface area contributed by atoms with Gasteiger partial charge in [-0.25, -0.2) is 0 Å². The second-order valence-electron chi connectivity index (χ2n) is 4.81. The third kappa shape index (κ3) is 2.61. The summed E-state index contributed by atoms with van der Waals surface area (Å²) in [7, 11) is 3.95. The molecule has 94 valence electrons. The number of amides is 1. The van der Waals surface area contributed by atoms with Gasteiger partial charge in [0.1, 0.15) is 5.69 Å². The molecule has 1 aliphatic rings. The summed E-state index contributed by atoms with van der Waals surface area (Å²) in [4.78, 5) is 19.0. The second kappa shape index (κ2) is 4.79. The average Bonchev–Trinajstić information content (AvgIpc) is 2.88. The quantitative estimate of drug-likeness (QED) is 0.814. The molecule has 1 unspecified atom stereocenters. The van der Waals surface area contributed by atoms with E-state index in [1.165, 1.54) is 12.8 Å². The number of aromatic amines is 1. The minimum Gasteiger partial charge on any atom is -0.397 e. The van der Waals surface area contributed by atoms with E-state index < -0.39 is 0 Å². The lowest BCUT2D eigenvalue weighted by Crippen LogP contribution is -2.39. The Balaban J connectivity index is 1.95. The molecule has 2 heterocycles. The first-order valence-corrected chi connectivity index (χ1v) is 5.97. The Hall–Kier alpha value is -1.49. The largest absolute Gasteiger partial charge is 0.397 e. The van der Waals surface area contributed by atoms with Gasteiger partial charge in [-0.2, -0.15) is 0 Å². The maximum atomic E-state index is 12.1. The molecular weight excluding hydrogens is 216 g/mol. The predicted octanol–water partition coefficient (Wildman–Crippen LogP) is 0.763. The van der Waals surface area contributed by atoms with E-state index in [0.29, 0.717) is 17.4 Å². The Morgan fingerprint density at radius 3 is 3.00 bits per heavy atom. The number of hydrogen-bond acceptors (Lipinski definition) is 3. The van der Waals surface area contributed by atoms with E-state index in [9.17, 15) is 4.79 Å². The van der Waals surface area contributed by atoms with Crippen LogP contribution in [-0.2, 0) is 0 Å². The summed E-state index contributed by atoms with van der Waals surface area (Å²) in [6.45, 7) is 1.90. The molecule has 0 saturated carbocycles. The molecule has 1 fully saturated rings. The van der Waals surface area contributed by atoms with Gasteiger partial charge in [0.25, 0.3) is 5.91 Å². The number of carbonyl (C=O) groups is 1. The molecule has 0 bridgehead atoms. The third-order valence-electron chi connectivity index (χ3n) is 3.44. The molecule has 0 spiro atoms. The standard InChI is InChI=1S/C12H20N4O/c1-15-5-3-4-10(15)8-16(2)12(17)11-6-9(13)7-14-11/h6-7,10,14H,3-5,8,13H2,1-2H3. The van der Waals surface area contributed by atoms with Crippen molar-refractivity contribution in [3.8, 4) is 0 Å². The molecule has 1 aromatic heterocycles. The maximum absolute atomic E-state index is 12.1. The molecule has 3 N–H and O–H groups in total. The fraction of sp³-hybridized carbons (Fsp3) is 0.583. The van der Waals surface area contributed by atoms with Crippen molar-refractivity contribution in [3.63, 3.8) is 0 Å². The molecule has 1 aliphatic heterocycles. The highest BCUT2D eigenvalue weighted by Crippen LogP contribution is 2.16. The second-order valence-corrected chi connectivity index (χ2v) is 4.81. The van der Waals surface area contributed by atoms with Gasteiger partial charge in [0.05, 0.1) is 0 Å². The number of carbonyl (C=O) groups excluding carboxylic acids is 1. The zero-order chi connectivity index (χ0) is 12.4. The number of nitrogens with zero attached hydrogens (tertiary/aromatic N) is 2. The van der Waals surface area contributed by atoms with E-state index in [2.05, 4.69) is 16.9 Å². The summed E-state index contributed by atoms with van der Waals surface area (Å²) in [6, 6.07) is 2.16. The molecule has 1 saturated heterocycles. The molecule has 0 aromatic carbocycles. The Morgan fingerprint density at radius 2 is 2.47 bits per heavy atom. The van der Waals surface area contributed by atoms with E-state index in [4.69, 9.17) is 5.73 Å². The lowest BCUT2D eigenvalue weighted by molar-refractivity contribution is 0.0756. The van der Waals surface area contributed by atoms with Gasteiger partial charge >= 0.3 is 0 Å². The van der Waals surface area contributed by atoms with Crippen LogP contribution in [0.15, 0.2) is 12.3 Å². The van der Waals surface area contributed by atoms with Crippen LogP contribution in [0, 0.1) is 0 Å². The lowest BCUT2D eigenvalue weighted by Gasteiger charge is -2.25. The minimum atomic E-state index is 0.00185. The van der Waals surface area contributed by atoms with Crippen LogP contribution in [0.3, 0.4) is 0 Å². The molecule has 17 heavy (non-hydrogen) atoms. The van der Waals surface area contributed by atoms with Crippen molar-refractivity contribution >= 4 is 11.6 Å². The van der Waals surface area contributed by atoms with Crippen molar-refractivity contribution in [2.75, 3.05) is 32.9 Å². The fourth-order valence-electron chi connectivity index (χ4n) is 2.35. The van der Waals surface area contributed by atoms with Crippen LogP contribution < -0.4 is 5.73 Å². The Kier molecular flexibility index (Phi) is 3.38. The van der Waals surface area contributed by atoms with Crippen LogP contribution in [0.5, 0.6) is 0 Å². The number of likely N-dealkylation sites (N-methyl/N-ethyl adjacent to an activating group) is 2. The van der Waals surface area contributed by atoms with Gasteiger partial charge in [-0.05, 0) is 32.5 Å². The highest BCUT2D eigenvalue weighted by Gasteiger charge is 2.24.